The van der Waals surface area contributed by atoms with E-state index in [1.54, 1.807) is 0 Å². The summed E-state index contributed by atoms with van der Waals surface area (Å²) in [6, 6.07) is -7.14. The van der Waals surface area contributed by atoms with Crippen LogP contribution >= 0.6 is 0 Å². The standard InChI is InChI=1S/C16H24N6O11/c17-5(1-11(25)26)13(29)20-7(4-12(27)28)15(31)21-6(2-9(18)23)14(30)22-8(16(32)33)3-10(19)24/h5-8H,1-4,17H2,(H2,18,23)(H2,19,24)(H,20,29)(H,21,31)(H,22,30)(H,25,26)(H,27,28)(H,32,33). The summed E-state index contributed by atoms with van der Waals surface area (Å²) in [5.74, 6) is -10.7. The first-order valence-corrected chi connectivity index (χ1v) is 9.03. The van der Waals surface area contributed by atoms with E-state index in [0.717, 1.165) is 0 Å². The van der Waals surface area contributed by atoms with Crippen LogP contribution in [-0.2, 0) is 38.4 Å². The summed E-state index contributed by atoms with van der Waals surface area (Å²) < 4.78 is 0. The predicted molar refractivity (Wildman–Crippen MR) is 104 cm³/mol. The minimum atomic E-state index is -1.86. The van der Waals surface area contributed by atoms with Gasteiger partial charge >= 0.3 is 17.9 Å². The van der Waals surface area contributed by atoms with Gasteiger partial charge in [-0.1, -0.05) is 0 Å². The molecule has 0 aliphatic rings. The summed E-state index contributed by atoms with van der Waals surface area (Å²) >= 11 is 0. The van der Waals surface area contributed by atoms with Crippen molar-refractivity contribution in [1.82, 2.24) is 16.0 Å². The Balaban J connectivity index is 5.58. The van der Waals surface area contributed by atoms with Crippen LogP contribution in [0.4, 0.5) is 0 Å². The monoisotopic (exact) mass is 476 g/mol. The predicted octanol–water partition coefficient (Wildman–Crippen LogP) is -5.45. The zero-order valence-electron chi connectivity index (χ0n) is 17.0. The molecule has 0 heterocycles. The molecule has 0 fully saturated rings. The molecule has 0 aromatic heterocycles. The molecule has 17 heteroatoms. The van der Waals surface area contributed by atoms with Crippen LogP contribution in [0.15, 0.2) is 0 Å². The molecule has 0 saturated carbocycles. The smallest absolute Gasteiger partial charge is 0.326 e. The number of rotatable bonds is 15. The fourth-order valence-corrected chi connectivity index (χ4v) is 2.30. The fraction of sp³-hybridized carbons (Fsp3) is 0.500. The Kier molecular flexibility index (Phi) is 11.5. The van der Waals surface area contributed by atoms with Crippen molar-refractivity contribution in [1.29, 1.82) is 0 Å². The lowest BCUT2D eigenvalue weighted by atomic mass is 10.1. The van der Waals surface area contributed by atoms with Gasteiger partial charge < -0.3 is 48.5 Å². The number of nitrogens with one attached hydrogen (secondary N) is 3. The average molecular weight is 476 g/mol. The lowest BCUT2D eigenvalue weighted by molar-refractivity contribution is -0.144. The first kappa shape index (κ1) is 28.7. The van der Waals surface area contributed by atoms with E-state index in [-0.39, 0.29) is 0 Å². The number of nitrogens with two attached hydrogens (primary N) is 3. The molecule has 0 radical (unpaired) electrons. The lowest BCUT2D eigenvalue weighted by Crippen LogP contribution is -2.58. The molecule has 0 spiro atoms. The first-order chi connectivity index (χ1) is 15.1. The molecule has 0 bridgehead atoms. The van der Waals surface area contributed by atoms with E-state index in [1.807, 2.05) is 16.0 Å². The molecule has 0 aliphatic heterocycles. The molecular weight excluding hydrogens is 452 g/mol. The van der Waals surface area contributed by atoms with Gasteiger partial charge in [-0.15, -0.1) is 0 Å². The van der Waals surface area contributed by atoms with E-state index in [9.17, 15) is 38.4 Å². The summed E-state index contributed by atoms with van der Waals surface area (Å²) in [6.45, 7) is 0. The van der Waals surface area contributed by atoms with Crippen LogP contribution in [0.25, 0.3) is 0 Å². The number of primary amides is 2. The number of amides is 5. The number of carboxylic acid groups (broad SMARTS) is 3. The van der Waals surface area contributed by atoms with Crippen molar-refractivity contribution in [3.8, 4) is 0 Å². The van der Waals surface area contributed by atoms with Crippen molar-refractivity contribution in [3.05, 3.63) is 0 Å². The fourth-order valence-electron chi connectivity index (χ4n) is 2.30. The van der Waals surface area contributed by atoms with Gasteiger partial charge in [-0.2, -0.15) is 0 Å². The van der Waals surface area contributed by atoms with E-state index >= 15 is 0 Å². The highest BCUT2D eigenvalue weighted by atomic mass is 16.4. The molecule has 0 aromatic rings. The molecular formula is C16H24N6O11. The van der Waals surface area contributed by atoms with Crippen LogP contribution in [0.5, 0.6) is 0 Å². The SMILES string of the molecule is NC(=O)CC(NC(=O)C(CC(N)=O)NC(=O)C(CC(=O)O)NC(=O)C(N)CC(=O)O)C(=O)O. The lowest BCUT2D eigenvalue weighted by Gasteiger charge is -2.23. The molecule has 0 aromatic carbocycles. The van der Waals surface area contributed by atoms with E-state index in [0.29, 0.717) is 0 Å². The molecule has 12 N–H and O–H groups in total. The third-order valence-corrected chi connectivity index (χ3v) is 3.80. The van der Waals surface area contributed by atoms with Crippen molar-refractivity contribution in [2.45, 2.75) is 49.9 Å². The Morgan fingerprint density at radius 2 is 0.939 bits per heavy atom. The van der Waals surface area contributed by atoms with Crippen LogP contribution < -0.4 is 33.2 Å². The van der Waals surface area contributed by atoms with Crippen LogP contribution in [-0.4, -0.2) is 86.9 Å². The second-order valence-corrected chi connectivity index (χ2v) is 6.66. The molecule has 33 heavy (non-hydrogen) atoms. The quantitative estimate of drug-likeness (QED) is 0.107. The maximum absolute atomic E-state index is 12.5. The van der Waals surface area contributed by atoms with E-state index in [4.69, 9.17) is 32.5 Å². The van der Waals surface area contributed by atoms with Gasteiger partial charge in [-0.05, 0) is 0 Å². The second kappa shape index (κ2) is 13.2. The zero-order valence-corrected chi connectivity index (χ0v) is 17.0. The Morgan fingerprint density at radius 1 is 0.576 bits per heavy atom. The minimum absolute atomic E-state index is 0.822. The summed E-state index contributed by atoms with van der Waals surface area (Å²) in [6.07, 6.45) is -3.55. The van der Waals surface area contributed by atoms with Gasteiger partial charge in [0.25, 0.3) is 0 Å². The first-order valence-electron chi connectivity index (χ1n) is 9.03. The molecule has 0 rings (SSSR count). The maximum atomic E-state index is 12.5. The van der Waals surface area contributed by atoms with Gasteiger partial charge in [0, 0.05) is 0 Å². The normalized spacial score (nSPS) is 14.0. The molecule has 0 aliphatic carbocycles. The number of hydrogen-bond acceptors (Lipinski definition) is 9. The van der Waals surface area contributed by atoms with Crippen LogP contribution in [0.1, 0.15) is 25.7 Å². The number of carboxylic acids is 3. The number of carbonyl (C=O) groups excluding carboxylic acids is 5. The zero-order chi connectivity index (χ0) is 25.9. The summed E-state index contributed by atoms with van der Waals surface area (Å²) in [5.41, 5.74) is 15.2. The molecule has 184 valence electrons. The van der Waals surface area contributed by atoms with Gasteiger partial charge in [-0.25, -0.2) is 4.79 Å². The van der Waals surface area contributed by atoms with Gasteiger partial charge in [0.05, 0.1) is 31.7 Å². The van der Waals surface area contributed by atoms with Gasteiger partial charge in [0.1, 0.15) is 18.1 Å². The highest BCUT2D eigenvalue weighted by Gasteiger charge is 2.32. The molecule has 5 amide bonds. The maximum Gasteiger partial charge on any atom is 0.326 e. The molecule has 0 saturated heterocycles. The third-order valence-electron chi connectivity index (χ3n) is 3.80. The van der Waals surface area contributed by atoms with Gasteiger partial charge in [0.15, 0.2) is 0 Å². The second-order valence-electron chi connectivity index (χ2n) is 6.66. The topological polar surface area (TPSA) is 311 Å². The summed E-state index contributed by atoms with van der Waals surface area (Å²) in [5, 5.41) is 32.4. The van der Waals surface area contributed by atoms with Gasteiger partial charge in [-0.3, -0.25) is 33.6 Å². The van der Waals surface area contributed by atoms with Crippen molar-refractivity contribution >= 4 is 47.4 Å². The molecule has 4 unspecified atom stereocenters. The van der Waals surface area contributed by atoms with Crippen molar-refractivity contribution < 1.29 is 53.7 Å². The minimum Gasteiger partial charge on any atom is -0.481 e. The number of aliphatic carboxylic acids is 3. The number of hydrogen-bond donors (Lipinski definition) is 9. The highest BCUT2D eigenvalue weighted by Crippen LogP contribution is 2.02. The van der Waals surface area contributed by atoms with E-state index in [1.165, 1.54) is 0 Å². The third kappa shape index (κ3) is 11.6. The number of carbonyl (C=O) groups is 8. The van der Waals surface area contributed by atoms with Crippen LogP contribution in [0.2, 0.25) is 0 Å². The Labute approximate surface area is 185 Å². The highest BCUT2D eigenvalue weighted by molar-refractivity contribution is 5.98. The van der Waals surface area contributed by atoms with Gasteiger partial charge in [0.2, 0.25) is 29.5 Å². The Morgan fingerprint density at radius 3 is 1.33 bits per heavy atom. The molecule has 4 atom stereocenters. The Hall–Kier alpha value is -4.28. The van der Waals surface area contributed by atoms with Crippen molar-refractivity contribution in [2.75, 3.05) is 0 Å². The van der Waals surface area contributed by atoms with E-state index < -0.39 is 97.3 Å². The summed E-state index contributed by atoms with van der Waals surface area (Å²) in [4.78, 5) is 91.9. The van der Waals surface area contributed by atoms with Crippen molar-refractivity contribution in [3.63, 3.8) is 0 Å². The molecule has 17 nitrogen and oxygen atoms in total. The Bertz CT molecular complexity index is 830. The van der Waals surface area contributed by atoms with Crippen LogP contribution in [0, 0.1) is 0 Å². The van der Waals surface area contributed by atoms with Crippen molar-refractivity contribution in [2.24, 2.45) is 17.2 Å². The van der Waals surface area contributed by atoms with E-state index in [2.05, 4.69) is 0 Å². The average Bonchev–Trinajstić information content (AvgIpc) is 2.64. The summed E-state index contributed by atoms with van der Waals surface area (Å²) in [7, 11) is 0. The largest absolute Gasteiger partial charge is 0.481 e. The van der Waals surface area contributed by atoms with Crippen LogP contribution in [0.3, 0.4) is 0 Å².